The minimum absolute atomic E-state index is 0.0913. The maximum Gasteiger partial charge on any atom is 0.242 e. The molecule has 1 heterocycles. The van der Waals surface area contributed by atoms with Crippen molar-refractivity contribution in [3.63, 3.8) is 0 Å². The smallest absolute Gasteiger partial charge is 0.242 e. The molecule has 1 unspecified atom stereocenters. The number of benzene rings is 1. The summed E-state index contributed by atoms with van der Waals surface area (Å²) in [7, 11) is 0. The van der Waals surface area contributed by atoms with Crippen LogP contribution in [0, 0.1) is 0 Å². The molecule has 0 spiro atoms. The molecular formula is C16H25N3O. The van der Waals surface area contributed by atoms with Gasteiger partial charge in [0.1, 0.15) is 6.04 Å². The number of carbonyl (C=O) groups excluding carboxylic acids is 1. The molecule has 4 nitrogen and oxygen atoms in total. The summed E-state index contributed by atoms with van der Waals surface area (Å²) in [6.45, 7) is 9.89. The topological polar surface area (TPSA) is 44.4 Å². The van der Waals surface area contributed by atoms with E-state index in [0.717, 1.165) is 30.9 Å². The van der Waals surface area contributed by atoms with Gasteiger partial charge in [-0.3, -0.25) is 4.79 Å². The Kier molecular flexibility index (Phi) is 4.21. The third-order valence-electron chi connectivity index (χ3n) is 4.07. The number of fused-ring (bicyclic) bond motifs is 1. The van der Waals surface area contributed by atoms with Gasteiger partial charge in [-0.2, -0.15) is 0 Å². The number of carbonyl (C=O) groups is 1. The molecule has 20 heavy (non-hydrogen) atoms. The molecule has 0 saturated heterocycles. The number of amides is 1. The molecule has 0 bridgehead atoms. The van der Waals surface area contributed by atoms with Gasteiger partial charge in [-0.25, -0.2) is 0 Å². The molecule has 1 aromatic carbocycles. The Morgan fingerprint density at radius 3 is 2.85 bits per heavy atom. The lowest BCUT2D eigenvalue weighted by molar-refractivity contribution is -0.123. The van der Waals surface area contributed by atoms with E-state index >= 15 is 0 Å². The van der Waals surface area contributed by atoms with Crippen molar-refractivity contribution < 1.29 is 4.79 Å². The summed E-state index contributed by atoms with van der Waals surface area (Å²) in [6, 6.07) is 7.99. The van der Waals surface area contributed by atoms with E-state index in [1.165, 1.54) is 0 Å². The first-order valence-corrected chi connectivity index (χ1v) is 7.36. The van der Waals surface area contributed by atoms with E-state index in [9.17, 15) is 4.79 Å². The number of anilines is 2. The molecule has 0 fully saturated rings. The lowest BCUT2D eigenvalue weighted by atomic mass is 10.0. The number of hydrogen-bond donors (Lipinski definition) is 2. The van der Waals surface area contributed by atoms with Crippen LogP contribution in [0.25, 0.3) is 0 Å². The molecular weight excluding hydrogens is 250 g/mol. The largest absolute Gasteiger partial charge is 0.382 e. The van der Waals surface area contributed by atoms with Crippen molar-refractivity contribution in [3.05, 3.63) is 24.3 Å². The lowest BCUT2D eigenvalue weighted by Crippen LogP contribution is -2.53. The Labute approximate surface area is 121 Å². The molecule has 2 rings (SSSR count). The zero-order chi connectivity index (χ0) is 14.8. The molecule has 0 radical (unpaired) electrons. The summed E-state index contributed by atoms with van der Waals surface area (Å²) in [5.74, 6) is 0.0913. The fourth-order valence-electron chi connectivity index (χ4n) is 2.38. The highest BCUT2D eigenvalue weighted by Crippen LogP contribution is 2.30. The lowest BCUT2D eigenvalue weighted by Gasteiger charge is -2.37. The molecule has 1 amide bonds. The maximum absolute atomic E-state index is 12.5. The van der Waals surface area contributed by atoms with Crippen molar-refractivity contribution in [2.24, 2.45) is 0 Å². The van der Waals surface area contributed by atoms with Gasteiger partial charge < -0.3 is 15.5 Å². The monoisotopic (exact) mass is 275 g/mol. The van der Waals surface area contributed by atoms with Gasteiger partial charge in [0.25, 0.3) is 0 Å². The van der Waals surface area contributed by atoms with Gasteiger partial charge in [-0.1, -0.05) is 19.1 Å². The Balaban J connectivity index is 2.14. The highest BCUT2D eigenvalue weighted by Gasteiger charge is 2.28. The number of rotatable bonds is 4. The van der Waals surface area contributed by atoms with Crippen LogP contribution in [0.3, 0.4) is 0 Å². The summed E-state index contributed by atoms with van der Waals surface area (Å²) in [6.07, 6.45) is 0.920. The average molecular weight is 275 g/mol. The Morgan fingerprint density at radius 2 is 2.15 bits per heavy atom. The van der Waals surface area contributed by atoms with Crippen LogP contribution >= 0.6 is 0 Å². The van der Waals surface area contributed by atoms with E-state index in [-0.39, 0.29) is 17.5 Å². The standard InChI is InChI=1S/C16H25N3O/c1-5-16(3,4)18-15(20)12(2)19-11-10-17-13-8-6-7-9-14(13)19/h6-9,12,17H,5,10-11H2,1-4H3,(H,18,20). The third kappa shape index (κ3) is 3.06. The van der Waals surface area contributed by atoms with E-state index in [1.54, 1.807) is 0 Å². The fraction of sp³-hybridized carbons (Fsp3) is 0.562. The molecule has 1 aliphatic rings. The van der Waals surface area contributed by atoms with Crippen molar-refractivity contribution in [3.8, 4) is 0 Å². The first kappa shape index (κ1) is 14.7. The Hall–Kier alpha value is -1.71. The highest BCUT2D eigenvalue weighted by atomic mass is 16.2. The fourth-order valence-corrected chi connectivity index (χ4v) is 2.38. The van der Waals surface area contributed by atoms with Crippen LogP contribution in [0.15, 0.2) is 24.3 Å². The molecule has 1 aliphatic heterocycles. The number of hydrogen-bond acceptors (Lipinski definition) is 3. The predicted molar refractivity (Wildman–Crippen MR) is 84.3 cm³/mol. The van der Waals surface area contributed by atoms with Gasteiger partial charge in [-0.15, -0.1) is 0 Å². The molecule has 4 heteroatoms. The van der Waals surface area contributed by atoms with Gasteiger partial charge in [0.2, 0.25) is 5.91 Å². The SMILES string of the molecule is CCC(C)(C)NC(=O)C(C)N1CCNc2ccccc21. The quantitative estimate of drug-likeness (QED) is 0.888. The molecule has 0 aliphatic carbocycles. The molecule has 0 saturated carbocycles. The van der Waals surface area contributed by atoms with Crippen LogP contribution in [-0.4, -0.2) is 30.6 Å². The number of nitrogens with zero attached hydrogens (tertiary/aromatic N) is 1. The van der Waals surface area contributed by atoms with Gasteiger partial charge in [0.15, 0.2) is 0 Å². The highest BCUT2D eigenvalue weighted by molar-refractivity contribution is 5.87. The molecule has 1 aromatic rings. The number of nitrogens with one attached hydrogen (secondary N) is 2. The second-order valence-electron chi connectivity index (χ2n) is 6.04. The molecule has 110 valence electrons. The van der Waals surface area contributed by atoms with Gasteiger partial charge in [0.05, 0.1) is 11.4 Å². The van der Waals surface area contributed by atoms with Crippen molar-refractivity contribution in [2.45, 2.75) is 45.7 Å². The van der Waals surface area contributed by atoms with Crippen LogP contribution in [0.5, 0.6) is 0 Å². The van der Waals surface area contributed by atoms with Crippen LogP contribution in [0.2, 0.25) is 0 Å². The second kappa shape index (κ2) is 5.73. The first-order chi connectivity index (χ1) is 9.44. The zero-order valence-electron chi connectivity index (χ0n) is 12.9. The first-order valence-electron chi connectivity index (χ1n) is 7.36. The van der Waals surface area contributed by atoms with Crippen molar-refractivity contribution in [1.29, 1.82) is 0 Å². The van der Waals surface area contributed by atoms with E-state index in [2.05, 4.69) is 48.4 Å². The van der Waals surface area contributed by atoms with Gasteiger partial charge >= 0.3 is 0 Å². The van der Waals surface area contributed by atoms with Crippen LogP contribution in [0.4, 0.5) is 11.4 Å². The summed E-state index contributed by atoms with van der Waals surface area (Å²) < 4.78 is 0. The summed E-state index contributed by atoms with van der Waals surface area (Å²) in [5.41, 5.74) is 2.06. The third-order valence-corrected chi connectivity index (χ3v) is 4.07. The normalized spacial score (nSPS) is 16.1. The average Bonchev–Trinajstić information content (AvgIpc) is 2.45. The maximum atomic E-state index is 12.5. The summed E-state index contributed by atoms with van der Waals surface area (Å²) in [4.78, 5) is 14.6. The van der Waals surface area contributed by atoms with Crippen molar-refractivity contribution in [1.82, 2.24) is 5.32 Å². The Bertz CT molecular complexity index is 484. The number of para-hydroxylation sites is 2. The van der Waals surface area contributed by atoms with E-state index in [4.69, 9.17) is 0 Å². The second-order valence-corrected chi connectivity index (χ2v) is 6.04. The molecule has 0 aromatic heterocycles. The van der Waals surface area contributed by atoms with E-state index in [1.807, 2.05) is 19.1 Å². The van der Waals surface area contributed by atoms with Crippen molar-refractivity contribution >= 4 is 17.3 Å². The molecule has 1 atom stereocenters. The van der Waals surface area contributed by atoms with Gasteiger partial charge in [-0.05, 0) is 39.3 Å². The van der Waals surface area contributed by atoms with Gasteiger partial charge in [0, 0.05) is 18.6 Å². The van der Waals surface area contributed by atoms with Crippen LogP contribution < -0.4 is 15.5 Å². The van der Waals surface area contributed by atoms with E-state index < -0.39 is 0 Å². The van der Waals surface area contributed by atoms with E-state index in [0.29, 0.717) is 0 Å². The van der Waals surface area contributed by atoms with Crippen LogP contribution in [-0.2, 0) is 4.79 Å². The van der Waals surface area contributed by atoms with Crippen LogP contribution in [0.1, 0.15) is 34.1 Å². The minimum Gasteiger partial charge on any atom is -0.382 e. The van der Waals surface area contributed by atoms with Crippen molar-refractivity contribution in [2.75, 3.05) is 23.3 Å². The zero-order valence-corrected chi connectivity index (χ0v) is 12.9. The molecule has 2 N–H and O–H groups in total. The predicted octanol–water partition coefficient (Wildman–Crippen LogP) is 2.61. The minimum atomic E-state index is -0.163. The summed E-state index contributed by atoms with van der Waals surface area (Å²) in [5, 5.41) is 6.51. The Morgan fingerprint density at radius 1 is 1.45 bits per heavy atom. The summed E-state index contributed by atoms with van der Waals surface area (Å²) >= 11 is 0.